The van der Waals surface area contributed by atoms with Crippen LogP contribution in [-0.4, -0.2) is 62.3 Å². The van der Waals surface area contributed by atoms with Crippen molar-refractivity contribution in [3.05, 3.63) is 96.8 Å². The summed E-state index contributed by atoms with van der Waals surface area (Å²) in [6.45, 7) is 6.24. The van der Waals surface area contributed by atoms with Gasteiger partial charge in [-0.05, 0) is 74.4 Å². The molecule has 12 nitrogen and oxygen atoms in total. The second kappa shape index (κ2) is 12.8. The first-order valence-corrected chi connectivity index (χ1v) is 18.0. The Morgan fingerprint density at radius 3 is 2.54 bits per heavy atom. The van der Waals surface area contributed by atoms with Gasteiger partial charge in [0.2, 0.25) is 5.88 Å². The van der Waals surface area contributed by atoms with Crippen LogP contribution in [0.4, 0.5) is 16.3 Å². The third kappa shape index (κ3) is 5.52. The van der Waals surface area contributed by atoms with Crippen LogP contribution in [0.25, 0.3) is 33.3 Å². The predicted octanol–water partition coefficient (Wildman–Crippen LogP) is 5.52. The fourth-order valence-corrected chi connectivity index (χ4v) is 8.74. The average molecular weight is 721 g/mol. The number of ether oxygens (including phenoxy) is 1. The van der Waals surface area contributed by atoms with Crippen molar-refractivity contribution in [3.8, 4) is 28.3 Å². The molecule has 1 spiro atoms. The zero-order valence-corrected chi connectivity index (χ0v) is 30.6. The molecule has 5 aromatic rings. The van der Waals surface area contributed by atoms with Gasteiger partial charge in [-0.2, -0.15) is 0 Å². The molecule has 2 saturated heterocycles. The molecule has 0 unspecified atom stereocenters. The maximum Gasteiger partial charge on any atom is 0.330 e. The van der Waals surface area contributed by atoms with Crippen LogP contribution in [0, 0.1) is 13.8 Å². The highest BCUT2D eigenvalue weighted by molar-refractivity contribution is 6.36. The first-order valence-electron chi connectivity index (χ1n) is 17.6. The summed E-state index contributed by atoms with van der Waals surface area (Å²) in [6, 6.07) is 15.8. The molecule has 0 bridgehead atoms. The van der Waals surface area contributed by atoms with Crippen LogP contribution >= 0.6 is 11.6 Å². The van der Waals surface area contributed by atoms with Crippen LogP contribution in [0.15, 0.2) is 58.1 Å². The summed E-state index contributed by atoms with van der Waals surface area (Å²) in [4.78, 5) is 50.3. The average Bonchev–Trinajstić information content (AvgIpc) is 3.74. The van der Waals surface area contributed by atoms with Crippen LogP contribution in [-0.2, 0) is 20.5 Å². The van der Waals surface area contributed by atoms with Crippen molar-refractivity contribution >= 4 is 40.0 Å². The monoisotopic (exact) mass is 720 g/mol. The van der Waals surface area contributed by atoms with Gasteiger partial charge in [0, 0.05) is 67.8 Å². The molecule has 268 valence electrons. The SMILES string of the molecule is COc1nc(-c2cccc(-c3cccc(Nc4nc(C)cc5c4c(=O)n(C)c(=O)n5C)c3C)c2Cl)cc2c1[C@@H](N1CC[C@@]3(CCNC(=O)N3)C1)CC2. The maximum absolute atomic E-state index is 13.3. The molecular formula is C39H41ClN8O4. The van der Waals surface area contributed by atoms with Gasteiger partial charge in [-0.3, -0.25) is 18.8 Å². The van der Waals surface area contributed by atoms with Gasteiger partial charge in [-0.15, -0.1) is 0 Å². The Morgan fingerprint density at radius 2 is 1.75 bits per heavy atom. The van der Waals surface area contributed by atoms with E-state index in [4.69, 9.17) is 21.3 Å². The molecule has 3 aliphatic rings. The van der Waals surface area contributed by atoms with Crippen molar-refractivity contribution in [2.45, 2.75) is 51.1 Å². The largest absolute Gasteiger partial charge is 0.481 e. The zero-order chi connectivity index (χ0) is 36.5. The number of likely N-dealkylation sites (tertiary alicyclic amines) is 1. The number of fused-ring (bicyclic) bond motifs is 2. The number of hydrogen-bond acceptors (Lipinski definition) is 8. The predicted molar refractivity (Wildman–Crippen MR) is 203 cm³/mol. The molecule has 13 heteroatoms. The molecule has 2 aromatic carbocycles. The van der Waals surface area contributed by atoms with Gasteiger partial charge in [-0.1, -0.05) is 41.9 Å². The Kier molecular flexibility index (Phi) is 8.34. The summed E-state index contributed by atoms with van der Waals surface area (Å²) in [7, 11) is 4.79. The van der Waals surface area contributed by atoms with E-state index in [-0.39, 0.29) is 17.6 Å². The smallest absolute Gasteiger partial charge is 0.330 e. The van der Waals surface area contributed by atoms with Crippen LogP contribution in [0.5, 0.6) is 5.88 Å². The second-order valence-corrected chi connectivity index (χ2v) is 14.6. The fraction of sp³-hybridized carbons (Fsp3) is 0.359. The summed E-state index contributed by atoms with van der Waals surface area (Å²) in [5, 5.41) is 10.4. The van der Waals surface area contributed by atoms with Gasteiger partial charge in [-0.25, -0.2) is 19.6 Å². The number of halogens is 1. The number of amides is 2. The highest BCUT2D eigenvalue weighted by atomic mass is 35.5. The van der Waals surface area contributed by atoms with Crippen molar-refractivity contribution in [2.24, 2.45) is 14.1 Å². The van der Waals surface area contributed by atoms with E-state index in [1.54, 1.807) is 20.2 Å². The highest BCUT2D eigenvalue weighted by Gasteiger charge is 2.45. The minimum atomic E-state index is -0.416. The minimum Gasteiger partial charge on any atom is -0.481 e. The molecule has 3 aromatic heterocycles. The van der Waals surface area contributed by atoms with E-state index in [1.165, 1.54) is 17.2 Å². The Labute approximate surface area is 305 Å². The summed E-state index contributed by atoms with van der Waals surface area (Å²) in [6.07, 6.45) is 3.69. The Morgan fingerprint density at radius 1 is 0.981 bits per heavy atom. The minimum absolute atomic E-state index is 0.0841. The molecule has 52 heavy (non-hydrogen) atoms. The third-order valence-electron chi connectivity index (χ3n) is 11.1. The van der Waals surface area contributed by atoms with Gasteiger partial charge < -0.3 is 20.7 Å². The maximum atomic E-state index is 13.3. The van der Waals surface area contributed by atoms with E-state index in [1.807, 2.05) is 50.2 Å². The van der Waals surface area contributed by atoms with Crippen molar-refractivity contribution in [1.29, 1.82) is 0 Å². The Bertz CT molecular complexity index is 2420. The normalized spacial score (nSPS) is 19.9. The highest BCUT2D eigenvalue weighted by Crippen LogP contribution is 2.46. The van der Waals surface area contributed by atoms with Crippen LogP contribution in [0.3, 0.4) is 0 Å². The number of hydrogen-bond donors (Lipinski definition) is 3. The number of anilines is 2. The summed E-state index contributed by atoms with van der Waals surface area (Å²) >= 11 is 7.27. The van der Waals surface area contributed by atoms with Crippen molar-refractivity contribution in [2.75, 3.05) is 32.1 Å². The fourth-order valence-electron chi connectivity index (χ4n) is 8.41. The number of urea groups is 1. The number of carbonyl (C=O) groups excluding carboxylic acids is 1. The van der Waals surface area contributed by atoms with E-state index in [0.29, 0.717) is 39.9 Å². The van der Waals surface area contributed by atoms with Crippen molar-refractivity contribution < 1.29 is 9.53 Å². The quantitative estimate of drug-likeness (QED) is 0.209. The summed E-state index contributed by atoms with van der Waals surface area (Å²) in [5.74, 6) is 0.985. The molecule has 3 N–H and O–H groups in total. The number of aromatic nitrogens is 4. The lowest BCUT2D eigenvalue weighted by atomic mass is 9.93. The van der Waals surface area contributed by atoms with Gasteiger partial charge in [0.05, 0.1) is 28.9 Å². The van der Waals surface area contributed by atoms with Crippen LogP contribution in [0.2, 0.25) is 5.02 Å². The number of methoxy groups -OCH3 is 1. The van der Waals surface area contributed by atoms with Crippen molar-refractivity contribution in [3.63, 3.8) is 0 Å². The summed E-state index contributed by atoms with van der Waals surface area (Å²) < 4.78 is 8.52. The topological polar surface area (TPSA) is 135 Å². The molecule has 5 heterocycles. The summed E-state index contributed by atoms with van der Waals surface area (Å²) in [5.41, 5.74) is 7.47. The van der Waals surface area contributed by atoms with E-state index in [9.17, 15) is 14.4 Å². The number of nitrogens with zero attached hydrogens (tertiary/aromatic N) is 5. The van der Waals surface area contributed by atoms with Gasteiger partial charge in [0.1, 0.15) is 11.2 Å². The van der Waals surface area contributed by atoms with E-state index >= 15 is 0 Å². The van der Waals surface area contributed by atoms with Crippen molar-refractivity contribution in [1.82, 2.24) is 34.6 Å². The number of benzene rings is 2. The zero-order valence-electron chi connectivity index (χ0n) is 29.9. The van der Waals surface area contributed by atoms with E-state index in [2.05, 4.69) is 31.9 Å². The number of aryl methyl sites for hydroxylation is 3. The number of pyridine rings is 2. The Hall–Kier alpha value is -5.20. The first-order chi connectivity index (χ1) is 25.0. The Balaban J connectivity index is 1.13. The molecule has 2 fully saturated rings. The number of carbonyl (C=O) groups is 1. The van der Waals surface area contributed by atoms with Crippen LogP contribution in [0.1, 0.15) is 47.7 Å². The molecule has 2 aliphatic heterocycles. The van der Waals surface area contributed by atoms with E-state index in [0.717, 1.165) is 82.5 Å². The molecule has 2 amide bonds. The van der Waals surface area contributed by atoms with Crippen LogP contribution < -0.4 is 31.9 Å². The third-order valence-corrected chi connectivity index (χ3v) is 11.6. The second-order valence-electron chi connectivity index (χ2n) is 14.3. The molecule has 2 atom stereocenters. The molecule has 0 radical (unpaired) electrons. The number of rotatable bonds is 6. The van der Waals surface area contributed by atoms with E-state index < -0.39 is 11.2 Å². The van der Waals surface area contributed by atoms with Gasteiger partial charge >= 0.3 is 11.7 Å². The first kappa shape index (κ1) is 33.9. The molecule has 1 aliphatic carbocycles. The number of nitrogens with one attached hydrogen (secondary N) is 3. The van der Waals surface area contributed by atoms with Gasteiger partial charge in [0.25, 0.3) is 5.56 Å². The lowest BCUT2D eigenvalue weighted by molar-refractivity contribution is 0.187. The molecule has 0 saturated carbocycles. The lowest BCUT2D eigenvalue weighted by Crippen LogP contribution is -2.59. The molecular weight excluding hydrogens is 680 g/mol. The standard InChI is InChI=1S/C39H41ClN8O4/c1-21-18-30-32(36(49)47(4)38(51)46(30)3)34(42-21)43-27-11-7-8-24(22(27)2)25-9-6-10-26(33(25)40)28-19-23-12-13-29(31(23)35(44-28)52-5)48-17-15-39(20-48)14-16-41-37(50)45-39/h6-11,18-19,29H,12-17,20H2,1-5H3,(H,42,43)(H2,41,45,50)/t29-,39-/m0/s1. The lowest BCUT2D eigenvalue weighted by Gasteiger charge is -2.36. The molecule has 8 rings (SSSR count). The van der Waals surface area contributed by atoms with Gasteiger partial charge in [0.15, 0.2) is 0 Å².